The van der Waals surface area contributed by atoms with E-state index in [1.807, 2.05) is 4.90 Å². The first kappa shape index (κ1) is 18.9. The Kier molecular flexibility index (Phi) is 7.36. The second-order valence-corrected chi connectivity index (χ2v) is 5.37. The van der Waals surface area contributed by atoms with Crippen LogP contribution < -0.4 is 5.43 Å². The lowest BCUT2D eigenvalue weighted by Gasteiger charge is -2.28. The third kappa shape index (κ3) is 5.84. The number of ether oxygens (including phenoxy) is 1. The van der Waals surface area contributed by atoms with E-state index < -0.39 is 6.67 Å². The van der Waals surface area contributed by atoms with Crippen molar-refractivity contribution in [2.24, 2.45) is 15.1 Å². The molecule has 0 saturated carbocycles. The van der Waals surface area contributed by atoms with Crippen LogP contribution in [-0.2, 0) is 4.74 Å². The molecule has 1 aromatic rings. The van der Waals surface area contributed by atoms with E-state index >= 15 is 0 Å². The first-order valence-electron chi connectivity index (χ1n) is 7.57. The van der Waals surface area contributed by atoms with Crippen molar-refractivity contribution in [3.63, 3.8) is 0 Å². The number of hydrogen-bond donors (Lipinski definition) is 2. The average Bonchev–Trinajstić information content (AvgIpc) is 2.63. The molecule has 1 aliphatic heterocycles. The van der Waals surface area contributed by atoms with Crippen molar-refractivity contribution in [1.82, 2.24) is 10.3 Å². The van der Waals surface area contributed by atoms with E-state index in [-0.39, 0.29) is 16.7 Å². The van der Waals surface area contributed by atoms with Crippen LogP contribution in [0.1, 0.15) is 5.56 Å². The molecule has 1 saturated heterocycles. The number of benzene rings is 1. The zero-order chi connectivity index (χ0) is 18.1. The number of morpholine rings is 1. The molecule has 1 aliphatic rings. The van der Waals surface area contributed by atoms with Gasteiger partial charge in [-0.15, -0.1) is 0 Å². The third-order valence-electron chi connectivity index (χ3n) is 3.28. The highest BCUT2D eigenvalue weighted by Crippen LogP contribution is 2.25. The molecule has 1 aromatic carbocycles. The first-order valence-corrected chi connectivity index (χ1v) is 7.95. The Balaban J connectivity index is 2.07. The smallest absolute Gasteiger partial charge is 0.245 e. The molecule has 2 rings (SSSR count). The molecule has 0 aliphatic carbocycles. The highest BCUT2D eigenvalue weighted by Gasteiger charge is 2.12. The summed E-state index contributed by atoms with van der Waals surface area (Å²) in [4.78, 5) is 10.0. The standard InChI is InChI=1S/C16H19ClFN5O2/c1-12(23-7-9-25-10-8-23)21-16(19-6-5-18)22-20-11-13-3-2-4-14(17)15(13)24/h2-4,6,11,24H,1,5,7-10H2,(H,21,22)/b19-6-,20-11+. The molecule has 134 valence electrons. The van der Waals surface area contributed by atoms with Crippen molar-refractivity contribution in [2.75, 3.05) is 33.0 Å². The van der Waals surface area contributed by atoms with Crippen LogP contribution >= 0.6 is 11.6 Å². The zero-order valence-electron chi connectivity index (χ0n) is 13.5. The van der Waals surface area contributed by atoms with Gasteiger partial charge in [0.2, 0.25) is 5.96 Å². The summed E-state index contributed by atoms with van der Waals surface area (Å²) in [6, 6.07) is 4.88. The first-order chi connectivity index (χ1) is 12.1. The third-order valence-corrected chi connectivity index (χ3v) is 3.58. The highest BCUT2D eigenvalue weighted by atomic mass is 35.5. The monoisotopic (exact) mass is 367 g/mol. The van der Waals surface area contributed by atoms with Crippen molar-refractivity contribution < 1.29 is 14.2 Å². The van der Waals surface area contributed by atoms with Crippen LogP contribution in [0.15, 0.2) is 45.7 Å². The molecule has 1 heterocycles. The van der Waals surface area contributed by atoms with Gasteiger partial charge in [0, 0.05) is 24.9 Å². The van der Waals surface area contributed by atoms with Crippen LogP contribution in [0.4, 0.5) is 4.39 Å². The minimum atomic E-state index is -0.733. The average molecular weight is 368 g/mol. The Morgan fingerprint density at radius 1 is 1.44 bits per heavy atom. The number of para-hydroxylation sites is 1. The predicted octanol–water partition coefficient (Wildman–Crippen LogP) is 2.17. The Morgan fingerprint density at radius 2 is 2.20 bits per heavy atom. The fourth-order valence-corrected chi connectivity index (χ4v) is 2.20. The number of nitrogens with one attached hydrogen (secondary N) is 1. The van der Waals surface area contributed by atoms with Crippen LogP contribution in [0, 0.1) is 0 Å². The van der Waals surface area contributed by atoms with Gasteiger partial charge >= 0.3 is 0 Å². The lowest BCUT2D eigenvalue weighted by molar-refractivity contribution is 0.0534. The van der Waals surface area contributed by atoms with Gasteiger partial charge in [-0.05, 0) is 12.1 Å². The number of alkyl halides is 1. The molecule has 25 heavy (non-hydrogen) atoms. The van der Waals surface area contributed by atoms with Crippen molar-refractivity contribution >= 4 is 30.0 Å². The van der Waals surface area contributed by atoms with E-state index in [1.54, 1.807) is 18.2 Å². The summed E-state index contributed by atoms with van der Waals surface area (Å²) in [7, 11) is 0. The van der Waals surface area contributed by atoms with Crippen molar-refractivity contribution in [2.45, 2.75) is 0 Å². The molecule has 0 spiro atoms. The Labute approximate surface area is 150 Å². The molecule has 0 bridgehead atoms. The van der Waals surface area contributed by atoms with Gasteiger partial charge in [-0.3, -0.25) is 0 Å². The summed E-state index contributed by atoms with van der Waals surface area (Å²) in [6.07, 6.45) is 2.42. The molecule has 7 nitrogen and oxygen atoms in total. The van der Waals surface area contributed by atoms with Gasteiger partial charge in [-0.25, -0.2) is 14.8 Å². The quantitative estimate of drug-likeness (QED) is 0.474. The summed E-state index contributed by atoms with van der Waals surface area (Å²) in [5, 5.41) is 14.0. The maximum Gasteiger partial charge on any atom is 0.245 e. The number of nitrogens with zero attached hydrogens (tertiary/aromatic N) is 4. The van der Waals surface area contributed by atoms with E-state index in [2.05, 4.69) is 27.1 Å². The minimum absolute atomic E-state index is 0.0758. The Hall–Kier alpha value is -2.45. The molecule has 1 fully saturated rings. The topological polar surface area (TPSA) is 81.8 Å². The van der Waals surface area contributed by atoms with Crippen LogP contribution in [0.2, 0.25) is 5.02 Å². The predicted molar refractivity (Wildman–Crippen MR) is 97.3 cm³/mol. The maximum absolute atomic E-state index is 12.4. The molecule has 0 radical (unpaired) electrons. The van der Waals surface area contributed by atoms with Crippen LogP contribution in [0.25, 0.3) is 0 Å². The summed E-state index contributed by atoms with van der Waals surface area (Å²) in [5.41, 5.74) is 3.02. The van der Waals surface area contributed by atoms with Crippen molar-refractivity contribution in [3.8, 4) is 5.75 Å². The molecular formula is C16H19ClFN5O2. The fraction of sp³-hybridized carbons (Fsp3) is 0.312. The number of hydrogen-bond acceptors (Lipinski definition) is 5. The summed E-state index contributed by atoms with van der Waals surface area (Å²) >= 11 is 5.83. The number of phenols is 1. The maximum atomic E-state index is 12.4. The number of aliphatic imine (C=N–C) groups is 2. The van der Waals surface area contributed by atoms with Crippen LogP contribution in [-0.4, -0.2) is 61.4 Å². The van der Waals surface area contributed by atoms with Gasteiger partial charge in [-0.1, -0.05) is 24.2 Å². The van der Waals surface area contributed by atoms with E-state index in [4.69, 9.17) is 16.3 Å². The van der Waals surface area contributed by atoms with E-state index in [0.717, 1.165) is 6.21 Å². The Bertz CT molecular complexity index is 687. The number of halogens is 2. The molecular weight excluding hydrogens is 349 g/mol. The minimum Gasteiger partial charge on any atom is -0.506 e. The normalized spacial score (nSPS) is 15.9. The van der Waals surface area contributed by atoms with Crippen molar-refractivity contribution in [1.29, 1.82) is 0 Å². The number of hydrazone groups is 1. The lowest BCUT2D eigenvalue weighted by Crippen LogP contribution is -2.35. The highest BCUT2D eigenvalue weighted by molar-refractivity contribution is 6.32. The second kappa shape index (κ2) is 9.75. The van der Waals surface area contributed by atoms with Gasteiger partial charge in [0.1, 0.15) is 18.2 Å². The zero-order valence-corrected chi connectivity index (χ0v) is 14.3. The van der Waals surface area contributed by atoms with E-state index in [9.17, 15) is 9.50 Å². The van der Waals surface area contributed by atoms with Crippen LogP contribution in [0.3, 0.4) is 0 Å². The van der Waals surface area contributed by atoms with E-state index in [1.165, 1.54) is 6.21 Å². The molecule has 0 aromatic heterocycles. The molecule has 9 heteroatoms. The SMILES string of the molecule is C=C(/N=C(\N=C/CF)N/N=C/c1cccc(Cl)c1O)N1CCOCC1. The fourth-order valence-electron chi connectivity index (χ4n) is 2.01. The molecule has 0 amide bonds. The van der Waals surface area contributed by atoms with Crippen molar-refractivity contribution in [3.05, 3.63) is 41.2 Å². The van der Waals surface area contributed by atoms with Gasteiger partial charge in [-0.2, -0.15) is 10.1 Å². The van der Waals surface area contributed by atoms with E-state index in [0.29, 0.717) is 37.7 Å². The van der Waals surface area contributed by atoms with Gasteiger partial charge in [0.15, 0.2) is 0 Å². The molecule has 0 unspecified atom stereocenters. The second-order valence-electron chi connectivity index (χ2n) is 4.96. The number of rotatable bonds is 5. The molecule has 0 atom stereocenters. The number of guanidine groups is 1. The number of aromatic hydroxyl groups is 1. The van der Waals surface area contributed by atoms with Gasteiger partial charge in [0.05, 0.1) is 24.5 Å². The Morgan fingerprint density at radius 3 is 2.92 bits per heavy atom. The summed E-state index contributed by atoms with van der Waals surface area (Å²) < 4.78 is 17.6. The largest absolute Gasteiger partial charge is 0.506 e. The van der Waals surface area contributed by atoms with Crippen LogP contribution in [0.5, 0.6) is 5.75 Å². The molecule has 2 N–H and O–H groups in total. The number of phenolic OH excluding ortho intramolecular Hbond substituents is 1. The van der Waals surface area contributed by atoms with Gasteiger partial charge < -0.3 is 14.7 Å². The lowest BCUT2D eigenvalue weighted by atomic mass is 10.2. The summed E-state index contributed by atoms with van der Waals surface area (Å²) in [5.74, 6) is 0.465. The summed E-state index contributed by atoms with van der Waals surface area (Å²) in [6.45, 7) is 5.68. The van der Waals surface area contributed by atoms with Gasteiger partial charge in [0.25, 0.3) is 0 Å².